The fraction of sp³-hybridized carbons (Fsp3) is 0.538. The zero-order valence-corrected chi connectivity index (χ0v) is 13.9. The molecule has 2 N–H and O–H groups in total. The molecular formula is C13H20Cl3N3O2. The molecule has 1 aliphatic rings. The second-order valence-electron chi connectivity index (χ2n) is 4.51. The number of carbonyl (C=O) groups is 1. The molecule has 1 amide bonds. The molecule has 1 saturated heterocycles. The molecule has 1 aromatic heterocycles. The lowest BCUT2D eigenvalue weighted by Crippen LogP contribution is -2.33. The smallest absolute Gasteiger partial charge is 0.221 e. The van der Waals surface area contributed by atoms with Crippen LogP contribution in [-0.2, 0) is 4.79 Å². The number of ether oxygens (including phenoxy) is 1. The van der Waals surface area contributed by atoms with E-state index in [9.17, 15) is 4.79 Å². The summed E-state index contributed by atoms with van der Waals surface area (Å²) in [4.78, 5) is 15.6. The fourth-order valence-electron chi connectivity index (χ4n) is 2.02. The van der Waals surface area contributed by atoms with Gasteiger partial charge >= 0.3 is 0 Å². The van der Waals surface area contributed by atoms with Gasteiger partial charge in [-0.05, 0) is 25.5 Å². The number of nitrogens with zero attached hydrogens (tertiary/aromatic N) is 1. The van der Waals surface area contributed by atoms with E-state index < -0.39 is 0 Å². The van der Waals surface area contributed by atoms with Gasteiger partial charge in [0.05, 0.1) is 11.6 Å². The molecule has 0 spiro atoms. The molecule has 8 heteroatoms. The van der Waals surface area contributed by atoms with Crippen LogP contribution in [0.2, 0.25) is 5.02 Å². The molecule has 1 aliphatic heterocycles. The van der Waals surface area contributed by atoms with E-state index in [-0.39, 0.29) is 30.7 Å². The summed E-state index contributed by atoms with van der Waals surface area (Å²) in [7, 11) is 0. The van der Waals surface area contributed by atoms with Crippen molar-refractivity contribution in [3.63, 3.8) is 0 Å². The van der Waals surface area contributed by atoms with Gasteiger partial charge in [-0.3, -0.25) is 4.79 Å². The van der Waals surface area contributed by atoms with Crippen molar-refractivity contribution in [1.29, 1.82) is 0 Å². The van der Waals surface area contributed by atoms with Crippen molar-refractivity contribution in [2.24, 2.45) is 0 Å². The fourth-order valence-corrected chi connectivity index (χ4v) is 2.13. The Labute approximate surface area is 142 Å². The van der Waals surface area contributed by atoms with Gasteiger partial charge in [0.2, 0.25) is 11.8 Å². The molecule has 1 aromatic rings. The van der Waals surface area contributed by atoms with Gasteiger partial charge in [0, 0.05) is 24.7 Å². The maximum Gasteiger partial charge on any atom is 0.221 e. The van der Waals surface area contributed by atoms with Crippen molar-refractivity contribution >= 4 is 42.3 Å². The number of amides is 1. The van der Waals surface area contributed by atoms with E-state index in [1.807, 2.05) is 0 Å². The van der Waals surface area contributed by atoms with Gasteiger partial charge in [0.1, 0.15) is 6.61 Å². The second-order valence-corrected chi connectivity index (χ2v) is 4.95. The summed E-state index contributed by atoms with van der Waals surface area (Å²) in [5, 5.41) is 6.70. The number of pyridine rings is 1. The van der Waals surface area contributed by atoms with Crippen LogP contribution in [-0.4, -0.2) is 36.6 Å². The van der Waals surface area contributed by atoms with Gasteiger partial charge in [-0.2, -0.15) is 0 Å². The average Bonchev–Trinajstić information content (AvgIpc) is 2.89. The highest BCUT2D eigenvalue weighted by atomic mass is 35.5. The average molecular weight is 357 g/mol. The molecule has 21 heavy (non-hydrogen) atoms. The quantitative estimate of drug-likeness (QED) is 0.767. The van der Waals surface area contributed by atoms with E-state index in [2.05, 4.69) is 15.6 Å². The molecule has 0 radical (unpaired) electrons. The number of hydrogen-bond acceptors (Lipinski definition) is 4. The van der Waals surface area contributed by atoms with Crippen molar-refractivity contribution in [3.05, 3.63) is 23.4 Å². The maximum absolute atomic E-state index is 11.6. The topological polar surface area (TPSA) is 63.2 Å². The van der Waals surface area contributed by atoms with Crippen molar-refractivity contribution in [2.75, 3.05) is 19.7 Å². The Hall–Kier alpha value is -0.750. The van der Waals surface area contributed by atoms with Crippen molar-refractivity contribution < 1.29 is 9.53 Å². The largest absolute Gasteiger partial charge is 0.476 e. The first-order chi connectivity index (χ1) is 9.24. The normalized spacial score (nSPS) is 16.5. The third-order valence-corrected chi connectivity index (χ3v) is 3.19. The standard InChI is InChI=1S/C13H18ClN3O2.2ClH/c14-10-3-4-13(17-9-10)19-7-6-16-12(18)8-11-2-1-5-15-11;;/h3-4,9,11,15H,1-2,5-8H2,(H,16,18);2*1H. The summed E-state index contributed by atoms with van der Waals surface area (Å²) in [5.41, 5.74) is 0. The van der Waals surface area contributed by atoms with Gasteiger partial charge in [0.25, 0.3) is 0 Å². The molecule has 2 rings (SSSR count). The molecule has 120 valence electrons. The molecule has 0 bridgehead atoms. The lowest BCUT2D eigenvalue weighted by atomic mass is 10.1. The number of nitrogens with one attached hydrogen (secondary N) is 2. The zero-order chi connectivity index (χ0) is 13.5. The SMILES string of the molecule is Cl.Cl.O=C(CC1CCCN1)NCCOc1ccc(Cl)cn1. The molecule has 0 saturated carbocycles. The Kier molecular flexibility index (Phi) is 10.5. The van der Waals surface area contributed by atoms with Crippen LogP contribution in [0.15, 0.2) is 18.3 Å². The van der Waals surface area contributed by atoms with Crippen LogP contribution in [0.5, 0.6) is 5.88 Å². The molecule has 0 aromatic carbocycles. The van der Waals surface area contributed by atoms with Crippen LogP contribution >= 0.6 is 36.4 Å². The van der Waals surface area contributed by atoms with Crippen LogP contribution in [0.4, 0.5) is 0 Å². The van der Waals surface area contributed by atoms with Crippen molar-refractivity contribution in [2.45, 2.75) is 25.3 Å². The molecule has 1 unspecified atom stereocenters. The Morgan fingerprint density at radius 1 is 1.48 bits per heavy atom. The molecule has 5 nitrogen and oxygen atoms in total. The van der Waals surface area contributed by atoms with Crippen molar-refractivity contribution in [3.8, 4) is 5.88 Å². The highest BCUT2D eigenvalue weighted by molar-refractivity contribution is 6.30. The van der Waals surface area contributed by atoms with Gasteiger partial charge in [-0.25, -0.2) is 4.98 Å². The van der Waals surface area contributed by atoms with Crippen molar-refractivity contribution in [1.82, 2.24) is 15.6 Å². The number of hydrogen-bond donors (Lipinski definition) is 2. The summed E-state index contributed by atoms with van der Waals surface area (Å²) in [6.07, 6.45) is 4.31. The number of aromatic nitrogens is 1. The lowest BCUT2D eigenvalue weighted by Gasteiger charge is -2.10. The van der Waals surface area contributed by atoms with Gasteiger partial charge in [-0.1, -0.05) is 11.6 Å². The monoisotopic (exact) mass is 355 g/mol. The summed E-state index contributed by atoms with van der Waals surface area (Å²) >= 11 is 5.71. The third-order valence-electron chi connectivity index (χ3n) is 2.97. The van der Waals surface area contributed by atoms with Crippen LogP contribution in [0.25, 0.3) is 0 Å². The molecule has 2 heterocycles. The first-order valence-electron chi connectivity index (χ1n) is 6.48. The lowest BCUT2D eigenvalue weighted by molar-refractivity contribution is -0.121. The van der Waals surface area contributed by atoms with Crippen LogP contribution in [0.1, 0.15) is 19.3 Å². The molecule has 0 aliphatic carbocycles. The zero-order valence-electron chi connectivity index (χ0n) is 11.5. The predicted molar refractivity (Wildman–Crippen MR) is 87.9 cm³/mol. The van der Waals surface area contributed by atoms with E-state index in [1.165, 1.54) is 6.20 Å². The summed E-state index contributed by atoms with van der Waals surface area (Å²) in [5.74, 6) is 0.572. The number of rotatable bonds is 6. The van der Waals surface area contributed by atoms with Crippen LogP contribution in [0.3, 0.4) is 0 Å². The Balaban J connectivity index is 0.00000200. The van der Waals surface area contributed by atoms with E-state index in [4.69, 9.17) is 16.3 Å². The Morgan fingerprint density at radius 2 is 2.29 bits per heavy atom. The van der Waals surface area contributed by atoms with Gasteiger partial charge < -0.3 is 15.4 Å². The first kappa shape index (κ1) is 20.2. The minimum atomic E-state index is 0. The summed E-state index contributed by atoms with van der Waals surface area (Å²) in [6, 6.07) is 3.75. The second kappa shape index (κ2) is 10.9. The van der Waals surface area contributed by atoms with Crippen LogP contribution in [0, 0.1) is 0 Å². The minimum Gasteiger partial charge on any atom is -0.476 e. The number of halogens is 3. The first-order valence-corrected chi connectivity index (χ1v) is 6.86. The maximum atomic E-state index is 11.6. The van der Waals surface area contributed by atoms with Gasteiger partial charge in [-0.15, -0.1) is 24.8 Å². The minimum absolute atomic E-state index is 0. The molecular weight excluding hydrogens is 337 g/mol. The summed E-state index contributed by atoms with van der Waals surface area (Å²) < 4.78 is 5.38. The molecule has 1 fully saturated rings. The van der Waals surface area contributed by atoms with E-state index in [1.54, 1.807) is 12.1 Å². The Bertz CT molecular complexity index is 412. The highest BCUT2D eigenvalue weighted by Crippen LogP contribution is 2.11. The summed E-state index contributed by atoms with van der Waals surface area (Å²) in [6.45, 7) is 1.90. The third kappa shape index (κ3) is 7.71. The van der Waals surface area contributed by atoms with E-state index in [0.717, 1.165) is 19.4 Å². The van der Waals surface area contributed by atoms with Gasteiger partial charge in [0.15, 0.2) is 0 Å². The van der Waals surface area contributed by atoms with E-state index in [0.29, 0.717) is 36.5 Å². The van der Waals surface area contributed by atoms with Crippen LogP contribution < -0.4 is 15.4 Å². The number of carbonyl (C=O) groups excluding carboxylic acids is 1. The Morgan fingerprint density at radius 3 is 2.90 bits per heavy atom. The van der Waals surface area contributed by atoms with E-state index >= 15 is 0 Å². The predicted octanol–water partition coefficient (Wildman–Crippen LogP) is 2.22. The highest BCUT2D eigenvalue weighted by Gasteiger charge is 2.17. The molecule has 1 atom stereocenters.